The first-order valence-electron chi connectivity index (χ1n) is 6.29. The standard InChI is InChI=1S/C13H17BrN2O3/c1-19-9-10-3-2-6-15(8-10)13-5-4-11(16(17)18)7-12(13)14/h4-5,7,10H,2-3,6,8-9H2,1H3. The molecule has 6 heteroatoms. The summed E-state index contributed by atoms with van der Waals surface area (Å²) in [6.07, 6.45) is 2.30. The maximum absolute atomic E-state index is 10.7. The Kier molecular flexibility index (Phi) is 4.76. The first-order chi connectivity index (χ1) is 9.11. The van der Waals surface area contributed by atoms with Gasteiger partial charge in [-0.15, -0.1) is 0 Å². The van der Waals surface area contributed by atoms with Crippen molar-refractivity contribution in [3.05, 3.63) is 32.8 Å². The lowest BCUT2D eigenvalue weighted by molar-refractivity contribution is -0.384. The summed E-state index contributed by atoms with van der Waals surface area (Å²) in [4.78, 5) is 12.6. The molecule has 1 atom stereocenters. The van der Waals surface area contributed by atoms with Gasteiger partial charge in [-0.1, -0.05) is 0 Å². The molecular formula is C13H17BrN2O3. The van der Waals surface area contributed by atoms with E-state index in [1.807, 2.05) is 6.07 Å². The molecule has 0 radical (unpaired) electrons. The van der Waals surface area contributed by atoms with Crippen LogP contribution in [0.15, 0.2) is 22.7 Å². The number of rotatable bonds is 4. The predicted molar refractivity (Wildman–Crippen MR) is 77.6 cm³/mol. The minimum absolute atomic E-state index is 0.112. The third-order valence-electron chi connectivity index (χ3n) is 3.40. The molecule has 1 saturated heterocycles. The van der Waals surface area contributed by atoms with Gasteiger partial charge in [0.15, 0.2) is 0 Å². The molecule has 1 unspecified atom stereocenters. The fourth-order valence-corrected chi connectivity index (χ4v) is 3.14. The second-order valence-electron chi connectivity index (χ2n) is 4.80. The topological polar surface area (TPSA) is 55.6 Å². The number of anilines is 1. The molecule has 0 N–H and O–H groups in total. The van der Waals surface area contributed by atoms with Crippen LogP contribution >= 0.6 is 15.9 Å². The van der Waals surface area contributed by atoms with Gasteiger partial charge in [-0.2, -0.15) is 0 Å². The number of nitrogens with zero attached hydrogens (tertiary/aromatic N) is 2. The van der Waals surface area contributed by atoms with E-state index in [2.05, 4.69) is 20.8 Å². The van der Waals surface area contributed by atoms with E-state index in [0.717, 1.165) is 36.3 Å². The molecule has 0 aliphatic carbocycles. The van der Waals surface area contributed by atoms with Crippen LogP contribution in [0.4, 0.5) is 11.4 Å². The van der Waals surface area contributed by atoms with Crippen molar-refractivity contribution in [3.63, 3.8) is 0 Å². The zero-order valence-electron chi connectivity index (χ0n) is 10.8. The Morgan fingerprint density at radius 2 is 2.37 bits per heavy atom. The van der Waals surface area contributed by atoms with Crippen molar-refractivity contribution >= 4 is 27.3 Å². The molecule has 1 aromatic rings. The van der Waals surface area contributed by atoms with E-state index in [-0.39, 0.29) is 10.6 Å². The highest BCUT2D eigenvalue weighted by Crippen LogP contribution is 2.32. The number of nitro benzene ring substituents is 1. The van der Waals surface area contributed by atoms with Crippen molar-refractivity contribution in [1.29, 1.82) is 0 Å². The van der Waals surface area contributed by atoms with Crippen LogP contribution < -0.4 is 4.90 Å². The molecule has 19 heavy (non-hydrogen) atoms. The number of ether oxygens (including phenoxy) is 1. The second kappa shape index (κ2) is 6.34. The van der Waals surface area contributed by atoms with Gasteiger partial charge >= 0.3 is 0 Å². The van der Waals surface area contributed by atoms with E-state index < -0.39 is 0 Å². The van der Waals surface area contributed by atoms with Crippen molar-refractivity contribution in [1.82, 2.24) is 0 Å². The summed E-state index contributed by atoms with van der Waals surface area (Å²) in [5.41, 5.74) is 1.13. The highest BCUT2D eigenvalue weighted by atomic mass is 79.9. The van der Waals surface area contributed by atoms with Crippen LogP contribution in [0.2, 0.25) is 0 Å². The smallest absolute Gasteiger partial charge is 0.270 e. The van der Waals surface area contributed by atoms with E-state index in [0.29, 0.717) is 5.92 Å². The van der Waals surface area contributed by atoms with Crippen molar-refractivity contribution in [2.24, 2.45) is 5.92 Å². The molecule has 1 aromatic carbocycles. The third-order valence-corrected chi connectivity index (χ3v) is 4.04. The van der Waals surface area contributed by atoms with Gasteiger partial charge in [0.25, 0.3) is 5.69 Å². The van der Waals surface area contributed by atoms with E-state index in [4.69, 9.17) is 4.74 Å². The summed E-state index contributed by atoms with van der Waals surface area (Å²) in [5.74, 6) is 0.529. The third kappa shape index (κ3) is 3.45. The van der Waals surface area contributed by atoms with Crippen molar-refractivity contribution in [3.8, 4) is 0 Å². The Bertz CT molecular complexity index is 465. The van der Waals surface area contributed by atoms with E-state index in [9.17, 15) is 10.1 Å². The Morgan fingerprint density at radius 3 is 3.00 bits per heavy atom. The molecule has 1 aliphatic rings. The average molecular weight is 329 g/mol. The van der Waals surface area contributed by atoms with E-state index in [1.54, 1.807) is 19.2 Å². The minimum Gasteiger partial charge on any atom is -0.384 e. The molecular weight excluding hydrogens is 312 g/mol. The van der Waals surface area contributed by atoms with Crippen LogP contribution in [-0.4, -0.2) is 31.7 Å². The molecule has 1 fully saturated rings. The molecule has 1 heterocycles. The van der Waals surface area contributed by atoms with Crippen LogP contribution in [0, 0.1) is 16.0 Å². The largest absolute Gasteiger partial charge is 0.384 e. The van der Waals surface area contributed by atoms with Gasteiger partial charge in [0, 0.05) is 36.8 Å². The average Bonchev–Trinajstić information content (AvgIpc) is 2.39. The van der Waals surface area contributed by atoms with Crippen LogP contribution in [0.5, 0.6) is 0 Å². The summed E-state index contributed by atoms with van der Waals surface area (Å²) in [7, 11) is 1.72. The van der Waals surface area contributed by atoms with Gasteiger partial charge in [0.1, 0.15) is 0 Å². The first-order valence-corrected chi connectivity index (χ1v) is 7.09. The Balaban J connectivity index is 2.15. The molecule has 0 spiro atoms. The summed E-state index contributed by atoms with van der Waals surface area (Å²) in [6.45, 7) is 2.68. The fourth-order valence-electron chi connectivity index (χ4n) is 2.52. The van der Waals surface area contributed by atoms with Gasteiger partial charge in [0.05, 0.1) is 17.2 Å². The number of benzene rings is 1. The lowest BCUT2D eigenvalue weighted by atomic mass is 9.98. The Hall–Kier alpha value is -1.14. The van der Waals surface area contributed by atoms with Crippen LogP contribution in [0.25, 0.3) is 0 Å². The fraction of sp³-hybridized carbons (Fsp3) is 0.538. The van der Waals surface area contributed by atoms with Gasteiger partial charge in [0.2, 0.25) is 0 Å². The van der Waals surface area contributed by atoms with E-state index >= 15 is 0 Å². The quantitative estimate of drug-likeness (QED) is 0.629. The number of hydrogen-bond donors (Lipinski definition) is 0. The van der Waals surface area contributed by atoms with Gasteiger partial charge in [-0.05, 0) is 40.8 Å². The summed E-state index contributed by atoms with van der Waals surface area (Å²) in [6, 6.07) is 4.94. The monoisotopic (exact) mass is 328 g/mol. The minimum atomic E-state index is -0.377. The van der Waals surface area contributed by atoms with Gasteiger partial charge in [-0.3, -0.25) is 10.1 Å². The van der Waals surface area contributed by atoms with Gasteiger partial charge < -0.3 is 9.64 Å². The summed E-state index contributed by atoms with van der Waals surface area (Å²) in [5, 5.41) is 10.7. The molecule has 1 aliphatic heterocycles. The molecule has 104 valence electrons. The normalized spacial score (nSPS) is 19.5. The number of piperidine rings is 1. The summed E-state index contributed by atoms with van der Waals surface area (Å²) >= 11 is 3.43. The zero-order chi connectivity index (χ0) is 13.8. The summed E-state index contributed by atoms with van der Waals surface area (Å²) < 4.78 is 6.00. The molecule has 2 rings (SSSR count). The molecule has 0 amide bonds. The van der Waals surface area contributed by atoms with Crippen molar-refractivity contribution in [2.75, 3.05) is 31.7 Å². The SMILES string of the molecule is COCC1CCCN(c2ccc([N+](=O)[O-])cc2Br)C1. The maximum Gasteiger partial charge on any atom is 0.270 e. The number of methoxy groups -OCH3 is 1. The number of hydrogen-bond acceptors (Lipinski definition) is 4. The highest BCUT2D eigenvalue weighted by molar-refractivity contribution is 9.10. The van der Waals surface area contributed by atoms with Crippen LogP contribution in [0.3, 0.4) is 0 Å². The lowest BCUT2D eigenvalue weighted by Crippen LogP contribution is -2.37. The van der Waals surface area contributed by atoms with Crippen LogP contribution in [-0.2, 0) is 4.74 Å². The predicted octanol–water partition coefficient (Wildman–Crippen LogP) is 3.22. The van der Waals surface area contributed by atoms with Crippen LogP contribution in [0.1, 0.15) is 12.8 Å². The number of non-ortho nitro benzene ring substituents is 1. The lowest BCUT2D eigenvalue weighted by Gasteiger charge is -2.34. The van der Waals surface area contributed by atoms with Crippen molar-refractivity contribution in [2.45, 2.75) is 12.8 Å². The number of nitro groups is 1. The van der Waals surface area contributed by atoms with E-state index in [1.165, 1.54) is 6.42 Å². The first kappa shape index (κ1) is 14.3. The molecule has 0 aromatic heterocycles. The molecule has 0 bridgehead atoms. The molecule has 5 nitrogen and oxygen atoms in total. The van der Waals surface area contributed by atoms with Gasteiger partial charge in [-0.25, -0.2) is 0 Å². The highest BCUT2D eigenvalue weighted by Gasteiger charge is 2.22. The second-order valence-corrected chi connectivity index (χ2v) is 5.66. The molecule has 0 saturated carbocycles. The Labute approximate surface area is 120 Å². The zero-order valence-corrected chi connectivity index (χ0v) is 12.4. The maximum atomic E-state index is 10.7. The Morgan fingerprint density at radius 1 is 1.58 bits per heavy atom. The van der Waals surface area contributed by atoms with Crippen molar-refractivity contribution < 1.29 is 9.66 Å². The number of halogens is 1.